The van der Waals surface area contributed by atoms with Crippen molar-refractivity contribution in [1.82, 2.24) is 0 Å². The van der Waals surface area contributed by atoms with E-state index in [1.807, 2.05) is 0 Å². The van der Waals surface area contributed by atoms with Crippen molar-refractivity contribution in [3.05, 3.63) is 64.1 Å². The number of thioether (sulfide) groups is 1. The zero-order valence-electron chi connectivity index (χ0n) is 11.8. The summed E-state index contributed by atoms with van der Waals surface area (Å²) in [6.07, 6.45) is 1.01. The fourth-order valence-corrected chi connectivity index (χ4v) is 3.63. The summed E-state index contributed by atoms with van der Waals surface area (Å²) < 4.78 is 1.08. The van der Waals surface area contributed by atoms with E-state index in [2.05, 4.69) is 76.7 Å². The number of anilines is 1. The van der Waals surface area contributed by atoms with Crippen molar-refractivity contribution in [2.24, 2.45) is 4.99 Å². The van der Waals surface area contributed by atoms with Gasteiger partial charge in [0.15, 0.2) is 5.17 Å². The van der Waals surface area contributed by atoms with Crippen LogP contribution in [0.3, 0.4) is 0 Å². The highest BCUT2D eigenvalue weighted by atomic mass is 79.9. The second-order valence-electron chi connectivity index (χ2n) is 5.17. The molecule has 0 amide bonds. The van der Waals surface area contributed by atoms with Crippen molar-refractivity contribution < 1.29 is 0 Å². The zero-order valence-corrected chi connectivity index (χ0v) is 14.2. The minimum atomic E-state index is 0.368. The van der Waals surface area contributed by atoms with Gasteiger partial charge in [-0.2, -0.15) is 0 Å². The van der Waals surface area contributed by atoms with Crippen LogP contribution in [0, 0.1) is 6.92 Å². The number of benzene rings is 2. The fourth-order valence-electron chi connectivity index (χ4n) is 2.32. The molecule has 0 aliphatic carbocycles. The quantitative estimate of drug-likeness (QED) is 0.842. The Morgan fingerprint density at radius 3 is 2.86 bits per heavy atom. The van der Waals surface area contributed by atoms with E-state index in [0.29, 0.717) is 6.04 Å². The van der Waals surface area contributed by atoms with Crippen molar-refractivity contribution in [2.45, 2.75) is 19.4 Å². The molecule has 0 spiro atoms. The van der Waals surface area contributed by atoms with Gasteiger partial charge in [0.2, 0.25) is 0 Å². The third-order valence-corrected chi connectivity index (χ3v) is 4.99. The lowest BCUT2D eigenvalue weighted by Crippen LogP contribution is -2.08. The van der Waals surface area contributed by atoms with Gasteiger partial charge < -0.3 is 5.32 Å². The topological polar surface area (TPSA) is 24.4 Å². The first-order valence-electron chi connectivity index (χ1n) is 6.98. The standard InChI is InChI=1S/C17H17BrN2S/c1-12-7-8-14(18)10-16(12)20-17-19-15(11-21-17)9-13-5-3-2-4-6-13/h2-8,10,15H,9,11H2,1H3,(H,19,20). The molecule has 1 heterocycles. The van der Waals surface area contributed by atoms with Crippen molar-refractivity contribution in [3.8, 4) is 0 Å². The number of rotatable bonds is 3. The van der Waals surface area contributed by atoms with Crippen LogP contribution in [-0.2, 0) is 6.42 Å². The first kappa shape index (κ1) is 14.7. The molecular formula is C17H17BrN2S. The second kappa shape index (κ2) is 6.67. The van der Waals surface area contributed by atoms with Crippen LogP contribution in [-0.4, -0.2) is 17.0 Å². The molecule has 21 heavy (non-hydrogen) atoms. The van der Waals surface area contributed by atoms with E-state index in [4.69, 9.17) is 4.99 Å². The molecule has 2 aromatic carbocycles. The van der Waals surface area contributed by atoms with Crippen molar-refractivity contribution >= 4 is 38.5 Å². The summed E-state index contributed by atoms with van der Waals surface area (Å²) in [6, 6.07) is 17.2. The second-order valence-corrected chi connectivity index (χ2v) is 7.10. The Morgan fingerprint density at radius 2 is 2.05 bits per heavy atom. The molecule has 4 heteroatoms. The van der Waals surface area contributed by atoms with Crippen LogP contribution in [0.4, 0.5) is 5.69 Å². The van der Waals surface area contributed by atoms with E-state index >= 15 is 0 Å². The summed E-state index contributed by atoms with van der Waals surface area (Å²) >= 11 is 5.32. The molecule has 0 saturated heterocycles. The number of hydrogen-bond donors (Lipinski definition) is 1. The zero-order chi connectivity index (χ0) is 14.7. The highest BCUT2D eigenvalue weighted by molar-refractivity contribution is 9.10. The Morgan fingerprint density at radius 1 is 1.24 bits per heavy atom. The Kier molecular flexibility index (Phi) is 4.66. The molecule has 0 fully saturated rings. The molecule has 3 rings (SSSR count). The largest absolute Gasteiger partial charge is 0.335 e. The van der Waals surface area contributed by atoms with Gasteiger partial charge in [0.1, 0.15) is 0 Å². The number of aryl methyl sites for hydroxylation is 1. The number of nitrogens with one attached hydrogen (secondary N) is 1. The highest BCUT2D eigenvalue weighted by Gasteiger charge is 2.19. The summed E-state index contributed by atoms with van der Waals surface area (Å²) in [4.78, 5) is 4.80. The molecule has 0 bridgehead atoms. The van der Waals surface area contributed by atoms with Crippen LogP contribution in [0.25, 0.3) is 0 Å². The van der Waals surface area contributed by atoms with E-state index in [9.17, 15) is 0 Å². The Hall–Kier alpha value is -1.26. The maximum absolute atomic E-state index is 4.80. The average molecular weight is 361 g/mol. The minimum Gasteiger partial charge on any atom is -0.335 e. The van der Waals surface area contributed by atoms with Crippen LogP contribution in [0.15, 0.2) is 58.0 Å². The summed E-state index contributed by atoms with van der Waals surface area (Å²) in [7, 11) is 0. The summed E-state index contributed by atoms with van der Waals surface area (Å²) in [5.41, 5.74) is 3.70. The molecule has 1 aliphatic rings. The van der Waals surface area contributed by atoms with Crippen molar-refractivity contribution in [3.63, 3.8) is 0 Å². The predicted octanol–water partition coefficient (Wildman–Crippen LogP) is 4.88. The van der Waals surface area contributed by atoms with Crippen LogP contribution >= 0.6 is 27.7 Å². The number of hydrogen-bond acceptors (Lipinski definition) is 3. The van der Waals surface area contributed by atoms with Gasteiger partial charge >= 0.3 is 0 Å². The molecule has 108 valence electrons. The Bertz CT molecular complexity index is 655. The number of halogens is 1. The Balaban J connectivity index is 1.67. The molecule has 2 aromatic rings. The van der Waals surface area contributed by atoms with Gasteiger partial charge in [-0.05, 0) is 36.6 Å². The summed E-state index contributed by atoms with van der Waals surface area (Å²) in [5.74, 6) is 1.05. The van der Waals surface area contributed by atoms with E-state index < -0.39 is 0 Å². The molecule has 1 unspecified atom stereocenters. The van der Waals surface area contributed by atoms with E-state index in [-0.39, 0.29) is 0 Å². The molecule has 0 saturated carbocycles. The molecular weight excluding hydrogens is 344 g/mol. The van der Waals surface area contributed by atoms with Crippen molar-refractivity contribution in [1.29, 1.82) is 0 Å². The maximum atomic E-state index is 4.80. The maximum Gasteiger partial charge on any atom is 0.161 e. The lowest BCUT2D eigenvalue weighted by Gasteiger charge is -2.08. The lowest BCUT2D eigenvalue weighted by molar-refractivity contribution is 0.762. The lowest BCUT2D eigenvalue weighted by atomic mass is 10.1. The highest BCUT2D eigenvalue weighted by Crippen LogP contribution is 2.26. The van der Waals surface area contributed by atoms with Crippen LogP contribution in [0.1, 0.15) is 11.1 Å². The smallest absolute Gasteiger partial charge is 0.161 e. The molecule has 1 aliphatic heterocycles. The molecule has 0 aromatic heterocycles. The van der Waals surface area contributed by atoms with Gasteiger partial charge in [-0.15, -0.1) is 0 Å². The van der Waals surface area contributed by atoms with Gasteiger partial charge in [-0.3, -0.25) is 4.99 Å². The third kappa shape index (κ3) is 3.89. The molecule has 1 N–H and O–H groups in total. The molecule has 2 nitrogen and oxygen atoms in total. The van der Waals surface area contributed by atoms with Gasteiger partial charge in [-0.1, -0.05) is 64.1 Å². The monoisotopic (exact) mass is 360 g/mol. The van der Waals surface area contributed by atoms with Crippen LogP contribution in [0.5, 0.6) is 0 Å². The number of amidine groups is 1. The van der Waals surface area contributed by atoms with Crippen LogP contribution < -0.4 is 5.32 Å². The molecule has 1 atom stereocenters. The summed E-state index contributed by atoms with van der Waals surface area (Å²) in [5, 5.41) is 4.47. The third-order valence-electron chi connectivity index (χ3n) is 3.47. The average Bonchev–Trinajstić information content (AvgIpc) is 2.91. The molecule has 0 radical (unpaired) electrons. The fraction of sp³-hybridized carbons (Fsp3) is 0.235. The van der Waals surface area contributed by atoms with E-state index in [1.165, 1.54) is 11.1 Å². The predicted molar refractivity (Wildman–Crippen MR) is 96.3 cm³/mol. The first-order valence-corrected chi connectivity index (χ1v) is 8.76. The van der Waals surface area contributed by atoms with Gasteiger partial charge in [0, 0.05) is 15.9 Å². The number of nitrogens with zero attached hydrogens (tertiary/aromatic N) is 1. The van der Waals surface area contributed by atoms with E-state index in [0.717, 1.165) is 27.5 Å². The summed E-state index contributed by atoms with van der Waals surface area (Å²) in [6.45, 7) is 2.11. The first-order chi connectivity index (χ1) is 10.2. The Labute approximate surface area is 138 Å². The van der Waals surface area contributed by atoms with Crippen LogP contribution in [0.2, 0.25) is 0 Å². The van der Waals surface area contributed by atoms with Gasteiger partial charge in [-0.25, -0.2) is 0 Å². The normalized spacial score (nSPS) is 17.6. The SMILES string of the molecule is Cc1ccc(Br)cc1NC1=NC(Cc2ccccc2)CS1. The minimum absolute atomic E-state index is 0.368. The number of aliphatic imine (C=N–C) groups is 1. The van der Waals surface area contributed by atoms with E-state index in [1.54, 1.807) is 11.8 Å². The van der Waals surface area contributed by atoms with Gasteiger partial charge in [0.25, 0.3) is 0 Å². The van der Waals surface area contributed by atoms with Crippen molar-refractivity contribution in [2.75, 3.05) is 11.1 Å². The van der Waals surface area contributed by atoms with Gasteiger partial charge in [0.05, 0.1) is 6.04 Å².